The first-order chi connectivity index (χ1) is 9.94. The van der Waals surface area contributed by atoms with Crippen LogP contribution in [0.4, 0.5) is 15.8 Å². The van der Waals surface area contributed by atoms with E-state index < -0.39 is 5.82 Å². The SMILES string of the molecule is Cc1nc(CN(C)CC(=O)Nc2ccc(F)c(N)c2)cs1. The lowest BCUT2D eigenvalue weighted by Crippen LogP contribution is -2.30. The molecule has 1 heterocycles. The second kappa shape index (κ2) is 6.64. The summed E-state index contributed by atoms with van der Waals surface area (Å²) >= 11 is 1.58. The van der Waals surface area contributed by atoms with Crippen LogP contribution in [-0.4, -0.2) is 29.4 Å². The number of hydrogen-bond donors (Lipinski definition) is 2. The summed E-state index contributed by atoms with van der Waals surface area (Å²) in [6.07, 6.45) is 0. The van der Waals surface area contributed by atoms with E-state index in [-0.39, 0.29) is 18.1 Å². The van der Waals surface area contributed by atoms with Crippen LogP contribution in [0.25, 0.3) is 0 Å². The van der Waals surface area contributed by atoms with Gasteiger partial charge < -0.3 is 11.1 Å². The van der Waals surface area contributed by atoms with E-state index in [1.165, 1.54) is 18.2 Å². The van der Waals surface area contributed by atoms with Crippen molar-refractivity contribution >= 4 is 28.6 Å². The highest BCUT2D eigenvalue weighted by Crippen LogP contribution is 2.16. The number of nitrogens with zero attached hydrogens (tertiary/aromatic N) is 2. The topological polar surface area (TPSA) is 71.2 Å². The van der Waals surface area contributed by atoms with Gasteiger partial charge in [-0.15, -0.1) is 11.3 Å². The molecule has 0 bridgehead atoms. The summed E-state index contributed by atoms with van der Waals surface area (Å²) in [6.45, 7) is 2.76. The molecule has 1 amide bonds. The number of nitrogen functional groups attached to an aromatic ring is 1. The third-order valence-corrected chi connectivity index (χ3v) is 3.61. The van der Waals surface area contributed by atoms with Gasteiger partial charge in [-0.05, 0) is 32.2 Å². The molecule has 0 radical (unpaired) electrons. The number of benzene rings is 1. The molecule has 0 aliphatic rings. The molecule has 0 aliphatic carbocycles. The number of anilines is 2. The number of nitrogens with two attached hydrogens (primary N) is 1. The Bertz CT molecular complexity index is 644. The van der Waals surface area contributed by atoms with Gasteiger partial charge in [0.1, 0.15) is 5.82 Å². The van der Waals surface area contributed by atoms with Gasteiger partial charge in [0.15, 0.2) is 0 Å². The maximum atomic E-state index is 13.0. The van der Waals surface area contributed by atoms with E-state index in [0.29, 0.717) is 12.2 Å². The van der Waals surface area contributed by atoms with Gasteiger partial charge in [-0.25, -0.2) is 9.37 Å². The largest absolute Gasteiger partial charge is 0.396 e. The fourth-order valence-corrected chi connectivity index (χ4v) is 2.48. The predicted molar refractivity (Wildman–Crippen MR) is 82.6 cm³/mol. The zero-order valence-electron chi connectivity index (χ0n) is 11.9. The molecule has 1 aromatic heterocycles. The average molecular weight is 308 g/mol. The van der Waals surface area contributed by atoms with E-state index in [1.54, 1.807) is 11.3 Å². The van der Waals surface area contributed by atoms with Gasteiger partial charge in [0.2, 0.25) is 5.91 Å². The van der Waals surface area contributed by atoms with Crippen molar-refractivity contribution in [1.29, 1.82) is 0 Å². The summed E-state index contributed by atoms with van der Waals surface area (Å²) in [5.74, 6) is -0.681. The number of amides is 1. The Morgan fingerprint density at radius 2 is 2.29 bits per heavy atom. The van der Waals surface area contributed by atoms with Gasteiger partial charge in [0, 0.05) is 17.6 Å². The fourth-order valence-electron chi connectivity index (χ4n) is 1.88. The number of aryl methyl sites for hydroxylation is 1. The van der Waals surface area contributed by atoms with Crippen molar-refractivity contribution in [2.45, 2.75) is 13.5 Å². The van der Waals surface area contributed by atoms with Crippen molar-refractivity contribution in [3.05, 3.63) is 40.1 Å². The minimum Gasteiger partial charge on any atom is -0.396 e. The standard InChI is InChI=1S/C14H17FN4OS/c1-9-17-11(8-21-9)6-19(2)7-14(20)18-10-3-4-12(15)13(16)5-10/h3-5,8H,6-7,16H2,1-2H3,(H,18,20). The lowest BCUT2D eigenvalue weighted by molar-refractivity contribution is -0.117. The summed E-state index contributed by atoms with van der Waals surface area (Å²) in [6, 6.07) is 4.11. The Hall–Kier alpha value is -1.99. The summed E-state index contributed by atoms with van der Waals surface area (Å²) in [5, 5.41) is 5.67. The molecule has 2 aromatic rings. The molecule has 0 atom stereocenters. The molecule has 21 heavy (non-hydrogen) atoms. The van der Waals surface area contributed by atoms with Gasteiger partial charge in [0.05, 0.1) is 22.9 Å². The Morgan fingerprint density at radius 1 is 1.52 bits per heavy atom. The number of nitrogens with one attached hydrogen (secondary N) is 1. The highest BCUT2D eigenvalue weighted by molar-refractivity contribution is 7.09. The Morgan fingerprint density at radius 3 is 2.90 bits per heavy atom. The molecule has 7 heteroatoms. The molecule has 0 saturated heterocycles. The fraction of sp³-hybridized carbons (Fsp3) is 0.286. The number of aromatic nitrogens is 1. The summed E-state index contributed by atoms with van der Waals surface area (Å²) < 4.78 is 13.0. The van der Waals surface area contributed by atoms with E-state index in [9.17, 15) is 9.18 Å². The summed E-state index contributed by atoms with van der Waals surface area (Å²) in [5.41, 5.74) is 6.90. The maximum absolute atomic E-state index is 13.0. The molecule has 0 aliphatic heterocycles. The van der Waals surface area contributed by atoms with E-state index in [2.05, 4.69) is 10.3 Å². The first-order valence-corrected chi connectivity index (χ1v) is 7.26. The second-order valence-electron chi connectivity index (χ2n) is 4.81. The zero-order chi connectivity index (χ0) is 15.4. The lowest BCUT2D eigenvalue weighted by Gasteiger charge is -2.15. The number of thiazole rings is 1. The second-order valence-corrected chi connectivity index (χ2v) is 5.88. The molecular weight excluding hydrogens is 291 g/mol. The van der Waals surface area contributed by atoms with Gasteiger partial charge >= 0.3 is 0 Å². The number of hydrogen-bond acceptors (Lipinski definition) is 5. The average Bonchev–Trinajstić information content (AvgIpc) is 2.79. The molecular formula is C14H17FN4OS. The Balaban J connectivity index is 1.87. The highest BCUT2D eigenvalue weighted by atomic mass is 32.1. The monoisotopic (exact) mass is 308 g/mol. The van der Waals surface area contributed by atoms with Crippen molar-refractivity contribution in [2.24, 2.45) is 0 Å². The highest BCUT2D eigenvalue weighted by Gasteiger charge is 2.10. The first-order valence-electron chi connectivity index (χ1n) is 6.38. The number of carbonyl (C=O) groups is 1. The Labute approximate surface area is 126 Å². The van der Waals surface area contributed by atoms with Crippen LogP contribution in [0, 0.1) is 12.7 Å². The minimum atomic E-state index is -0.496. The number of halogens is 1. The van der Waals surface area contributed by atoms with Crippen LogP contribution in [0.2, 0.25) is 0 Å². The van der Waals surface area contributed by atoms with E-state index in [4.69, 9.17) is 5.73 Å². The van der Waals surface area contributed by atoms with E-state index in [1.807, 2.05) is 24.3 Å². The molecule has 0 unspecified atom stereocenters. The molecule has 2 rings (SSSR count). The van der Waals surface area contributed by atoms with Crippen molar-refractivity contribution < 1.29 is 9.18 Å². The molecule has 0 fully saturated rings. The van der Waals surface area contributed by atoms with Crippen molar-refractivity contribution in [3.8, 4) is 0 Å². The molecule has 5 nitrogen and oxygen atoms in total. The van der Waals surface area contributed by atoms with Crippen LogP contribution >= 0.6 is 11.3 Å². The zero-order valence-corrected chi connectivity index (χ0v) is 12.7. The molecule has 3 N–H and O–H groups in total. The third-order valence-electron chi connectivity index (χ3n) is 2.79. The molecule has 0 spiro atoms. The van der Waals surface area contributed by atoms with Crippen molar-refractivity contribution in [1.82, 2.24) is 9.88 Å². The molecule has 0 saturated carbocycles. The third kappa shape index (κ3) is 4.51. The van der Waals surface area contributed by atoms with Crippen LogP contribution in [0.1, 0.15) is 10.7 Å². The van der Waals surface area contributed by atoms with Crippen LogP contribution < -0.4 is 11.1 Å². The molecule has 1 aromatic carbocycles. The van der Waals surface area contributed by atoms with Crippen LogP contribution in [0.5, 0.6) is 0 Å². The Kier molecular flexibility index (Phi) is 4.87. The first kappa shape index (κ1) is 15.4. The molecule has 112 valence electrons. The predicted octanol–water partition coefficient (Wildman–Crippen LogP) is 2.24. The summed E-state index contributed by atoms with van der Waals surface area (Å²) in [4.78, 5) is 18.1. The number of likely N-dealkylation sites (N-methyl/N-ethyl adjacent to an activating group) is 1. The van der Waals surface area contributed by atoms with Gasteiger partial charge in [-0.1, -0.05) is 0 Å². The summed E-state index contributed by atoms with van der Waals surface area (Å²) in [7, 11) is 1.84. The van der Waals surface area contributed by atoms with Crippen LogP contribution in [0.15, 0.2) is 23.6 Å². The van der Waals surface area contributed by atoms with E-state index >= 15 is 0 Å². The van der Waals surface area contributed by atoms with E-state index in [0.717, 1.165) is 10.7 Å². The van der Waals surface area contributed by atoms with Gasteiger partial charge in [-0.3, -0.25) is 9.69 Å². The minimum absolute atomic E-state index is 0.0131. The lowest BCUT2D eigenvalue weighted by atomic mass is 10.2. The smallest absolute Gasteiger partial charge is 0.238 e. The van der Waals surface area contributed by atoms with Crippen molar-refractivity contribution in [2.75, 3.05) is 24.6 Å². The number of carbonyl (C=O) groups excluding carboxylic acids is 1. The number of rotatable bonds is 5. The maximum Gasteiger partial charge on any atom is 0.238 e. The van der Waals surface area contributed by atoms with Crippen LogP contribution in [0.3, 0.4) is 0 Å². The van der Waals surface area contributed by atoms with Gasteiger partial charge in [-0.2, -0.15) is 0 Å². The van der Waals surface area contributed by atoms with Crippen molar-refractivity contribution in [3.63, 3.8) is 0 Å². The van der Waals surface area contributed by atoms with Gasteiger partial charge in [0.25, 0.3) is 0 Å². The quantitative estimate of drug-likeness (QED) is 0.831. The van der Waals surface area contributed by atoms with Crippen LogP contribution in [-0.2, 0) is 11.3 Å². The normalized spacial score (nSPS) is 10.9.